The summed E-state index contributed by atoms with van der Waals surface area (Å²) in [4.78, 5) is 12.3. The number of hydrogen-bond donors (Lipinski definition) is 1. The lowest BCUT2D eigenvalue weighted by molar-refractivity contribution is -0.142. The number of benzene rings is 1. The summed E-state index contributed by atoms with van der Waals surface area (Å²) in [5, 5.41) is 0. The highest BCUT2D eigenvalue weighted by Crippen LogP contribution is 2.18. The summed E-state index contributed by atoms with van der Waals surface area (Å²) in [6, 6.07) is 6.86. The summed E-state index contributed by atoms with van der Waals surface area (Å²) in [5.74, 6) is -0.415. The van der Waals surface area contributed by atoms with Crippen molar-refractivity contribution in [2.75, 3.05) is 13.4 Å². The molecule has 3 nitrogen and oxygen atoms in total. The molecular weight excluding hydrogens is 198 g/mol. The van der Waals surface area contributed by atoms with Crippen molar-refractivity contribution in [2.24, 2.45) is 5.73 Å². The molecule has 1 rings (SSSR count). The number of methoxy groups -OCH3 is 1. The largest absolute Gasteiger partial charge is 0.468 e. The number of rotatable bonds is 3. The fraction of sp³-hybridized carbons (Fsp3) is 0.300. The Morgan fingerprint density at radius 3 is 2.43 bits per heavy atom. The lowest BCUT2D eigenvalue weighted by Gasteiger charge is -2.09. The normalized spacial score (nSPS) is 12.2. The highest BCUT2D eigenvalue weighted by molar-refractivity contribution is 7.98. The van der Waals surface area contributed by atoms with Gasteiger partial charge in [0.2, 0.25) is 0 Å². The zero-order valence-electron chi connectivity index (χ0n) is 8.19. The van der Waals surface area contributed by atoms with Gasteiger partial charge in [0.05, 0.1) is 7.11 Å². The first-order chi connectivity index (χ1) is 6.69. The number of nitrogens with two attached hydrogens (primary N) is 1. The fourth-order valence-electron chi connectivity index (χ4n) is 1.07. The Morgan fingerprint density at radius 2 is 2.00 bits per heavy atom. The SMILES string of the molecule is COC(=O)[C@H](N)c1ccc(SC)cc1. The molecule has 0 unspecified atom stereocenters. The maximum absolute atomic E-state index is 11.1. The number of ether oxygens (including phenoxy) is 1. The predicted octanol–water partition coefficient (Wildman–Crippen LogP) is 1.58. The van der Waals surface area contributed by atoms with E-state index >= 15 is 0 Å². The smallest absolute Gasteiger partial charge is 0.327 e. The minimum atomic E-state index is -0.684. The molecule has 0 saturated carbocycles. The third-order valence-corrected chi connectivity index (χ3v) is 2.67. The van der Waals surface area contributed by atoms with Gasteiger partial charge in [-0.3, -0.25) is 4.79 Å². The van der Waals surface area contributed by atoms with Crippen LogP contribution in [0.15, 0.2) is 29.2 Å². The molecule has 14 heavy (non-hydrogen) atoms. The van der Waals surface area contributed by atoms with E-state index in [1.54, 1.807) is 11.8 Å². The monoisotopic (exact) mass is 211 g/mol. The fourth-order valence-corrected chi connectivity index (χ4v) is 1.48. The van der Waals surface area contributed by atoms with Crippen LogP contribution in [-0.2, 0) is 9.53 Å². The van der Waals surface area contributed by atoms with E-state index in [1.165, 1.54) is 7.11 Å². The van der Waals surface area contributed by atoms with Crippen LogP contribution in [0.4, 0.5) is 0 Å². The molecule has 0 aliphatic rings. The van der Waals surface area contributed by atoms with E-state index in [1.807, 2.05) is 30.5 Å². The van der Waals surface area contributed by atoms with E-state index in [0.29, 0.717) is 0 Å². The molecule has 0 heterocycles. The Bertz CT molecular complexity index is 310. The summed E-state index contributed by atoms with van der Waals surface area (Å²) in [6.07, 6.45) is 2.00. The molecule has 76 valence electrons. The third kappa shape index (κ3) is 2.49. The van der Waals surface area contributed by atoms with E-state index in [9.17, 15) is 4.79 Å². The molecule has 0 fully saturated rings. The van der Waals surface area contributed by atoms with Gasteiger partial charge in [-0.25, -0.2) is 0 Å². The van der Waals surface area contributed by atoms with Gasteiger partial charge in [-0.05, 0) is 24.0 Å². The van der Waals surface area contributed by atoms with Crippen LogP contribution in [0.2, 0.25) is 0 Å². The lowest BCUT2D eigenvalue weighted by Crippen LogP contribution is -2.22. The molecule has 1 aromatic carbocycles. The van der Waals surface area contributed by atoms with Crippen molar-refractivity contribution in [2.45, 2.75) is 10.9 Å². The Balaban J connectivity index is 2.81. The Labute approximate surface area is 87.6 Å². The molecule has 2 N–H and O–H groups in total. The standard InChI is InChI=1S/C10H13NO2S/c1-13-10(12)9(11)7-3-5-8(14-2)6-4-7/h3-6,9H,11H2,1-2H3/t9-/m1/s1. The first kappa shape index (κ1) is 11.1. The summed E-state index contributed by atoms with van der Waals surface area (Å²) in [5.41, 5.74) is 6.43. The van der Waals surface area contributed by atoms with E-state index < -0.39 is 12.0 Å². The first-order valence-corrected chi connectivity index (χ1v) is 5.39. The Morgan fingerprint density at radius 1 is 1.43 bits per heavy atom. The van der Waals surface area contributed by atoms with Crippen LogP contribution in [0, 0.1) is 0 Å². The second-order valence-electron chi connectivity index (χ2n) is 2.77. The molecule has 0 radical (unpaired) electrons. The summed E-state index contributed by atoms with van der Waals surface area (Å²) < 4.78 is 4.55. The number of carbonyl (C=O) groups excluding carboxylic acids is 1. The van der Waals surface area contributed by atoms with E-state index in [-0.39, 0.29) is 0 Å². The highest BCUT2D eigenvalue weighted by Gasteiger charge is 2.15. The molecule has 0 aromatic heterocycles. The molecule has 0 aliphatic heterocycles. The molecular formula is C10H13NO2S. The van der Waals surface area contributed by atoms with Crippen molar-refractivity contribution in [1.82, 2.24) is 0 Å². The van der Waals surface area contributed by atoms with Crippen molar-refractivity contribution in [1.29, 1.82) is 0 Å². The topological polar surface area (TPSA) is 52.3 Å². The maximum atomic E-state index is 11.1. The zero-order chi connectivity index (χ0) is 10.6. The van der Waals surface area contributed by atoms with E-state index in [2.05, 4.69) is 4.74 Å². The van der Waals surface area contributed by atoms with Gasteiger partial charge < -0.3 is 10.5 Å². The van der Waals surface area contributed by atoms with Crippen LogP contribution >= 0.6 is 11.8 Å². The van der Waals surface area contributed by atoms with Crippen molar-refractivity contribution < 1.29 is 9.53 Å². The van der Waals surface area contributed by atoms with Crippen LogP contribution in [0.3, 0.4) is 0 Å². The van der Waals surface area contributed by atoms with Gasteiger partial charge in [-0.2, -0.15) is 0 Å². The van der Waals surface area contributed by atoms with Crippen molar-refractivity contribution >= 4 is 17.7 Å². The number of thioether (sulfide) groups is 1. The average Bonchev–Trinajstić information content (AvgIpc) is 2.27. The highest BCUT2D eigenvalue weighted by atomic mass is 32.2. The number of esters is 1. The quantitative estimate of drug-likeness (QED) is 0.609. The molecule has 4 heteroatoms. The molecule has 1 atom stereocenters. The maximum Gasteiger partial charge on any atom is 0.327 e. The Hall–Kier alpha value is -1.00. The van der Waals surface area contributed by atoms with Crippen LogP contribution in [0.5, 0.6) is 0 Å². The lowest BCUT2D eigenvalue weighted by atomic mass is 10.1. The molecule has 0 saturated heterocycles. The first-order valence-electron chi connectivity index (χ1n) is 4.16. The second kappa shape index (κ2) is 5.02. The van der Waals surface area contributed by atoms with Gasteiger partial charge in [0.15, 0.2) is 0 Å². The van der Waals surface area contributed by atoms with Crippen LogP contribution in [-0.4, -0.2) is 19.3 Å². The van der Waals surface area contributed by atoms with Gasteiger partial charge in [0.25, 0.3) is 0 Å². The van der Waals surface area contributed by atoms with Crippen molar-refractivity contribution in [3.63, 3.8) is 0 Å². The summed E-state index contributed by atoms with van der Waals surface area (Å²) in [6.45, 7) is 0. The minimum Gasteiger partial charge on any atom is -0.468 e. The van der Waals surface area contributed by atoms with Crippen molar-refractivity contribution in [3.05, 3.63) is 29.8 Å². The van der Waals surface area contributed by atoms with Gasteiger partial charge in [-0.1, -0.05) is 12.1 Å². The summed E-state index contributed by atoms with van der Waals surface area (Å²) >= 11 is 1.65. The molecule has 0 bridgehead atoms. The van der Waals surface area contributed by atoms with E-state index in [0.717, 1.165) is 10.5 Å². The van der Waals surface area contributed by atoms with Crippen LogP contribution in [0.1, 0.15) is 11.6 Å². The average molecular weight is 211 g/mol. The summed E-state index contributed by atoms with van der Waals surface area (Å²) in [7, 11) is 1.33. The number of hydrogen-bond acceptors (Lipinski definition) is 4. The van der Waals surface area contributed by atoms with Crippen LogP contribution < -0.4 is 5.73 Å². The third-order valence-electron chi connectivity index (χ3n) is 1.93. The zero-order valence-corrected chi connectivity index (χ0v) is 9.01. The molecule has 0 amide bonds. The molecule has 0 aliphatic carbocycles. The van der Waals surface area contributed by atoms with Crippen molar-refractivity contribution in [3.8, 4) is 0 Å². The van der Waals surface area contributed by atoms with E-state index in [4.69, 9.17) is 5.73 Å². The van der Waals surface area contributed by atoms with Gasteiger partial charge in [-0.15, -0.1) is 11.8 Å². The predicted molar refractivity (Wildman–Crippen MR) is 57.2 cm³/mol. The van der Waals surface area contributed by atoms with Gasteiger partial charge in [0, 0.05) is 4.90 Å². The Kier molecular flexibility index (Phi) is 3.98. The van der Waals surface area contributed by atoms with Crippen LogP contribution in [0.25, 0.3) is 0 Å². The molecule has 0 spiro atoms. The van der Waals surface area contributed by atoms with Gasteiger partial charge in [0.1, 0.15) is 6.04 Å². The number of carbonyl (C=O) groups is 1. The second-order valence-corrected chi connectivity index (χ2v) is 3.65. The molecule has 1 aromatic rings. The van der Waals surface area contributed by atoms with Gasteiger partial charge >= 0.3 is 5.97 Å². The minimum absolute atomic E-state index is 0.415.